The molecular weight excluding hydrogens is 294 g/mol. The highest BCUT2D eigenvalue weighted by atomic mass is 16.4. The highest BCUT2D eigenvalue weighted by Crippen LogP contribution is 2.37. The van der Waals surface area contributed by atoms with E-state index in [4.69, 9.17) is 10.2 Å². The van der Waals surface area contributed by atoms with Crippen molar-refractivity contribution in [3.05, 3.63) is 59.2 Å². The second-order valence-corrected chi connectivity index (χ2v) is 5.65. The quantitative estimate of drug-likeness (QED) is 0.650. The number of hydrogen-bond donors (Lipinski definition) is 3. The molecule has 0 spiro atoms. The number of aliphatic carboxylic acids is 2. The lowest BCUT2D eigenvalue weighted by atomic mass is 10.0. The lowest BCUT2D eigenvalue weighted by Crippen LogP contribution is -2.38. The standard InChI is InChI=1S/C18H17NO4/c20-17(21)9-16(18(22)23)19-10-12-5-3-7-14-13-6-2-1-4-11(13)8-15(12)14/h1-7,16,19H,8-10H2,(H,20,21)(H,22,23). The second-order valence-electron chi connectivity index (χ2n) is 5.65. The molecule has 0 fully saturated rings. The van der Waals surface area contributed by atoms with E-state index in [-0.39, 0.29) is 0 Å². The number of carboxylic acid groups (broad SMARTS) is 2. The van der Waals surface area contributed by atoms with E-state index in [9.17, 15) is 9.59 Å². The summed E-state index contributed by atoms with van der Waals surface area (Å²) >= 11 is 0. The van der Waals surface area contributed by atoms with Gasteiger partial charge in [-0.1, -0.05) is 42.5 Å². The summed E-state index contributed by atoms with van der Waals surface area (Å²) in [6.07, 6.45) is 0.380. The zero-order valence-electron chi connectivity index (χ0n) is 12.5. The molecule has 1 atom stereocenters. The van der Waals surface area contributed by atoms with Gasteiger partial charge in [-0.25, -0.2) is 0 Å². The molecule has 0 bridgehead atoms. The van der Waals surface area contributed by atoms with E-state index in [2.05, 4.69) is 23.5 Å². The Morgan fingerprint density at radius 2 is 1.78 bits per heavy atom. The maximum absolute atomic E-state index is 11.1. The lowest BCUT2D eigenvalue weighted by Gasteiger charge is -2.14. The predicted octanol–water partition coefficient (Wildman–Crippen LogP) is 2.28. The number of rotatable bonds is 6. The zero-order chi connectivity index (χ0) is 16.4. The van der Waals surface area contributed by atoms with E-state index in [0.29, 0.717) is 6.54 Å². The summed E-state index contributed by atoms with van der Waals surface area (Å²) in [4.78, 5) is 21.9. The highest BCUT2D eigenvalue weighted by molar-refractivity contribution is 5.81. The maximum Gasteiger partial charge on any atom is 0.321 e. The summed E-state index contributed by atoms with van der Waals surface area (Å²) in [5, 5.41) is 20.8. The monoisotopic (exact) mass is 311 g/mol. The van der Waals surface area contributed by atoms with Crippen molar-refractivity contribution in [3.8, 4) is 11.1 Å². The van der Waals surface area contributed by atoms with E-state index >= 15 is 0 Å². The molecule has 0 aromatic heterocycles. The van der Waals surface area contributed by atoms with Crippen LogP contribution < -0.4 is 5.32 Å². The molecule has 2 aromatic rings. The molecule has 0 heterocycles. The number of carboxylic acids is 2. The van der Waals surface area contributed by atoms with Gasteiger partial charge >= 0.3 is 11.9 Å². The minimum absolute atomic E-state index is 0.335. The van der Waals surface area contributed by atoms with E-state index in [1.54, 1.807) is 0 Å². The molecule has 0 radical (unpaired) electrons. The molecule has 3 N–H and O–H groups in total. The smallest absolute Gasteiger partial charge is 0.321 e. The Bertz CT molecular complexity index is 769. The van der Waals surface area contributed by atoms with Gasteiger partial charge in [0.05, 0.1) is 6.42 Å². The second kappa shape index (κ2) is 6.22. The third-order valence-electron chi connectivity index (χ3n) is 4.16. The first-order chi connectivity index (χ1) is 11.1. The molecule has 0 saturated carbocycles. The maximum atomic E-state index is 11.1. The van der Waals surface area contributed by atoms with Gasteiger partial charge in [0.25, 0.3) is 0 Å². The van der Waals surface area contributed by atoms with Crippen molar-refractivity contribution in [3.63, 3.8) is 0 Å². The third-order valence-corrected chi connectivity index (χ3v) is 4.16. The summed E-state index contributed by atoms with van der Waals surface area (Å²) in [6.45, 7) is 0.335. The van der Waals surface area contributed by atoms with Crippen LogP contribution >= 0.6 is 0 Å². The summed E-state index contributed by atoms with van der Waals surface area (Å²) in [5.74, 6) is -2.28. The predicted molar refractivity (Wildman–Crippen MR) is 85.2 cm³/mol. The number of benzene rings is 2. The van der Waals surface area contributed by atoms with Crippen molar-refractivity contribution in [1.29, 1.82) is 0 Å². The van der Waals surface area contributed by atoms with Gasteiger partial charge in [0.1, 0.15) is 6.04 Å². The topological polar surface area (TPSA) is 86.6 Å². The Hall–Kier alpha value is -2.66. The molecule has 5 heteroatoms. The number of fused-ring (bicyclic) bond motifs is 3. The molecule has 1 aliphatic carbocycles. The summed E-state index contributed by atoms with van der Waals surface area (Å²) in [6, 6.07) is 13.1. The normalized spacial score (nSPS) is 13.2. The molecule has 1 aliphatic rings. The Morgan fingerprint density at radius 3 is 2.52 bits per heavy atom. The van der Waals surface area contributed by atoms with Crippen LogP contribution in [0.2, 0.25) is 0 Å². The fourth-order valence-corrected chi connectivity index (χ4v) is 3.04. The fourth-order valence-electron chi connectivity index (χ4n) is 3.04. The Labute approximate surface area is 133 Å². The van der Waals surface area contributed by atoms with Gasteiger partial charge in [-0.05, 0) is 34.2 Å². The van der Waals surface area contributed by atoms with Crippen molar-refractivity contribution in [2.45, 2.75) is 25.4 Å². The van der Waals surface area contributed by atoms with Gasteiger partial charge in [-0.2, -0.15) is 0 Å². The molecule has 0 saturated heterocycles. The van der Waals surface area contributed by atoms with Gasteiger partial charge in [-0.15, -0.1) is 0 Å². The molecular formula is C18H17NO4. The zero-order valence-corrected chi connectivity index (χ0v) is 12.5. The Balaban J connectivity index is 1.81. The van der Waals surface area contributed by atoms with Crippen molar-refractivity contribution < 1.29 is 19.8 Å². The van der Waals surface area contributed by atoms with Crippen molar-refractivity contribution in [2.75, 3.05) is 0 Å². The molecule has 118 valence electrons. The number of carbonyl (C=O) groups is 2. The van der Waals surface area contributed by atoms with Crippen molar-refractivity contribution in [1.82, 2.24) is 5.32 Å². The van der Waals surface area contributed by atoms with E-state index in [1.807, 2.05) is 24.3 Å². The van der Waals surface area contributed by atoms with Crippen LogP contribution in [0.25, 0.3) is 11.1 Å². The summed E-state index contributed by atoms with van der Waals surface area (Å²) in [5.41, 5.74) is 5.83. The van der Waals surface area contributed by atoms with Gasteiger partial charge in [0, 0.05) is 6.54 Å². The Kier molecular flexibility index (Phi) is 4.12. The summed E-state index contributed by atoms with van der Waals surface area (Å²) < 4.78 is 0. The van der Waals surface area contributed by atoms with Crippen LogP contribution in [0.3, 0.4) is 0 Å². The fraction of sp³-hybridized carbons (Fsp3) is 0.222. The van der Waals surface area contributed by atoms with Crippen molar-refractivity contribution >= 4 is 11.9 Å². The van der Waals surface area contributed by atoms with E-state index < -0.39 is 24.4 Å². The van der Waals surface area contributed by atoms with Gasteiger partial charge < -0.3 is 10.2 Å². The molecule has 1 unspecified atom stereocenters. The minimum atomic E-state index is -1.15. The largest absolute Gasteiger partial charge is 0.481 e. The third kappa shape index (κ3) is 3.10. The first-order valence-corrected chi connectivity index (χ1v) is 7.43. The molecule has 0 aliphatic heterocycles. The van der Waals surface area contributed by atoms with Crippen LogP contribution in [0, 0.1) is 0 Å². The Morgan fingerprint density at radius 1 is 1.04 bits per heavy atom. The van der Waals surface area contributed by atoms with Gasteiger partial charge in [0.2, 0.25) is 0 Å². The van der Waals surface area contributed by atoms with Crippen molar-refractivity contribution in [2.24, 2.45) is 0 Å². The van der Waals surface area contributed by atoms with Gasteiger partial charge in [-0.3, -0.25) is 14.9 Å². The van der Waals surface area contributed by atoms with Gasteiger partial charge in [0.15, 0.2) is 0 Å². The summed E-state index contributed by atoms with van der Waals surface area (Å²) in [7, 11) is 0. The average Bonchev–Trinajstić information content (AvgIpc) is 2.90. The lowest BCUT2D eigenvalue weighted by molar-refractivity contribution is -0.146. The highest BCUT2D eigenvalue weighted by Gasteiger charge is 2.23. The van der Waals surface area contributed by atoms with Crippen LogP contribution in [-0.4, -0.2) is 28.2 Å². The SMILES string of the molecule is O=C(O)CC(NCc1cccc2c1Cc1ccccc1-2)C(=O)O. The van der Waals surface area contributed by atoms with E-state index in [0.717, 1.165) is 12.0 Å². The first-order valence-electron chi connectivity index (χ1n) is 7.43. The van der Waals surface area contributed by atoms with Crippen LogP contribution in [0.4, 0.5) is 0 Å². The molecule has 23 heavy (non-hydrogen) atoms. The average molecular weight is 311 g/mol. The van der Waals surface area contributed by atoms with E-state index in [1.165, 1.54) is 22.3 Å². The molecule has 0 amide bonds. The van der Waals surface area contributed by atoms with Crippen LogP contribution in [0.5, 0.6) is 0 Å². The molecule has 5 nitrogen and oxygen atoms in total. The van der Waals surface area contributed by atoms with Crippen LogP contribution in [-0.2, 0) is 22.6 Å². The molecule has 3 rings (SSSR count). The van der Waals surface area contributed by atoms with Crippen LogP contribution in [0.1, 0.15) is 23.1 Å². The minimum Gasteiger partial charge on any atom is -0.481 e. The number of hydrogen-bond acceptors (Lipinski definition) is 3. The van der Waals surface area contributed by atoms with Crippen LogP contribution in [0.15, 0.2) is 42.5 Å². The first kappa shape index (κ1) is 15.2. The number of nitrogens with one attached hydrogen (secondary N) is 1. The molecule has 2 aromatic carbocycles.